The normalized spacial score (nSPS) is 11.9. The van der Waals surface area contributed by atoms with E-state index in [1.54, 1.807) is 18.9 Å². The number of amides is 1. The van der Waals surface area contributed by atoms with Crippen molar-refractivity contribution < 1.29 is 13.9 Å². The third-order valence-electron chi connectivity index (χ3n) is 3.16. The van der Waals surface area contributed by atoms with Gasteiger partial charge in [-0.2, -0.15) is 0 Å². The first-order valence-electron chi connectivity index (χ1n) is 7.14. The number of nitrogens with one attached hydrogen (secondary N) is 1. The molecule has 1 amide bonds. The highest BCUT2D eigenvalue weighted by atomic mass is 19.1. The summed E-state index contributed by atoms with van der Waals surface area (Å²) in [5.41, 5.74) is 6.53. The number of hydrogen-bond donors (Lipinski definition) is 2. The van der Waals surface area contributed by atoms with Crippen molar-refractivity contribution in [1.82, 2.24) is 4.90 Å². The predicted molar refractivity (Wildman–Crippen MR) is 83.0 cm³/mol. The van der Waals surface area contributed by atoms with Crippen molar-refractivity contribution in [3.63, 3.8) is 0 Å². The van der Waals surface area contributed by atoms with Gasteiger partial charge in [-0.1, -0.05) is 6.92 Å². The topological polar surface area (TPSA) is 67.6 Å². The molecule has 118 valence electrons. The van der Waals surface area contributed by atoms with Gasteiger partial charge in [-0.25, -0.2) is 4.39 Å². The Hall–Kier alpha value is -1.98. The zero-order valence-electron chi connectivity index (χ0n) is 13.1. The Bertz CT molecular complexity index is 494. The van der Waals surface area contributed by atoms with Gasteiger partial charge in [-0.3, -0.25) is 4.79 Å². The molecule has 0 saturated heterocycles. The van der Waals surface area contributed by atoms with Gasteiger partial charge in [-0.05, 0) is 20.3 Å². The van der Waals surface area contributed by atoms with E-state index in [0.717, 1.165) is 6.42 Å². The Labute approximate surface area is 125 Å². The molecule has 0 saturated carbocycles. The summed E-state index contributed by atoms with van der Waals surface area (Å²) < 4.78 is 19.1. The van der Waals surface area contributed by atoms with Crippen LogP contribution in [0.2, 0.25) is 0 Å². The van der Waals surface area contributed by atoms with Crippen LogP contribution in [-0.4, -0.2) is 37.0 Å². The number of nitrogens with two attached hydrogens (primary N) is 1. The van der Waals surface area contributed by atoms with E-state index in [4.69, 9.17) is 10.5 Å². The summed E-state index contributed by atoms with van der Waals surface area (Å²) in [6, 6.07) is 2.24. The first-order valence-corrected chi connectivity index (χ1v) is 7.14. The molecule has 0 spiro atoms. The second-order valence-corrected chi connectivity index (χ2v) is 4.94. The van der Waals surface area contributed by atoms with Crippen molar-refractivity contribution in [2.45, 2.75) is 33.2 Å². The Morgan fingerprint density at radius 3 is 2.71 bits per heavy atom. The van der Waals surface area contributed by atoms with Crippen molar-refractivity contribution in [2.24, 2.45) is 0 Å². The molecule has 1 unspecified atom stereocenters. The molecule has 0 bridgehead atoms. The number of carbonyl (C=O) groups is 1. The van der Waals surface area contributed by atoms with Crippen LogP contribution in [0.3, 0.4) is 0 Å². The minimum absolute atomic E-state index is 0.0581. The van der Waals surface area contributed by atoms with E-state index in [-0.39, 0.29) is 17.3 Å². The molecule has 0 aliphatic carbocycles. The maximum Gasteiger partial charge on any atom is 0.244 e. The summed E-state index contributed by atoms with van der Waals surface area (Å²) >= 11 is 0. The number of halogens is 1. The lowest BCUT2D eigenvalue weighted by Gasteiger charge is -2.22. The van der Waals surface area contributed by atoms with Crippen molar-refractivity contribution in [3.8, 4) is 5.75 Å². The molecule has 1 aromatic carbocycles. The molecule has 6 heteroatoms. The van der Waals surface area contributed by atoms with E-state index in [2.05, 4.69) is 5.32 Å². The highest BCUT2D eigenvalue weighted by molar-refractivity contribution is 5.85. The molecule has 3 N–H and O–H groups in total. The van der Waals surface area contributed by atoms with Gasteiger partial charge in [0.1, 0.15) is 6.04 Å². The van der Waals surface area contributed by atoms with Crippen molar-refractivity contribution >= 4 is 17.3 Å². The molecule has 0 heterocycles. The minimum Gasteiger partial charge on any atom is -0.490 e. The van der Waals surface area contributed by atoms with Gasteiger partial charge in [-0.15, -0.1) is 0 Å². The van der Waals surface area contributed by atoms with E-state index in [1.807, 2.05) is 13.8 Å². The number of rotatable bonds is 7. The molecule has 0 aliphatic heterocycles. The summed E-state index contributed by atoms with van der Waals surface area (Å²) in [6.45, 7) is 6.62. The van der Waals surface area contributed by atoms with E-state index >= 15 is 0 Å². The molecular weight excluding hydrogens is 273 g/mol. The Morgan fingerprint density at radius 1 is 1.48 bits per heavy atom. The maximum absolute atomic E-state index is 13.7. The average molecular weight is 297 g/mol. The highest BCUT2D eigenvalue weighted by Gasteiger charge is 2.18. The standard InChI is InChI=1S/C15H24FN3O2/c1-5-7-21-14-9-13(12(17)8-11(14)16)18-10(3)15(20)19(4)6-2/h8-10,18H,5-7,17H2,1-4H3. The number of nitrogens with zero attached hydrogens (tertiary/aromatic N) is 1. The summed E-state index contributed by atoms with van der Waals surface area (Å²) in [7, 11) is 1.73. The van der Waals surface area contributed by atoms with Crippen LogP contribution in [0.25, 0.3) is 0 Å². The van der Waals surface area contributed by atoms with Crippen LogP contribution in [0.15, 0.2) is 12.1 Å². The molecule has 21 heavy (non-hydrogen) atoms. The summed E-state index contributed by atoms with van der Waals surface area (Å²) in [6.07, 6.45) is 0.781. The predicted octanol–water partition coefficient (Wildman–Crippen LogP) is 2.48. The van der Waals surface area contributed by atoms with Gasteiger partial charge < -0.3 is 20.7 Å². The number of ether oxygens (including phenoxy) is 1. The van der Waals surface area contributed by atoms with Crippen LogP contribution in [-0.2, 0) is 4.79 Å². The van der Waals surface area contributed by atoms with Crippen molar-refractivity contribution in [3.05, 3.63) is 17.9 Å². The van der Waals surface area contributed by atoms with Crippen molar-refractivity contribution in [2.75, 3.05) is 31.2 Å². The summed E-state index contributed by atoms with van der Waals surface area (Å²) in [4.78, 5) is 13.6. The summed E-state index contributed by atoms with van der Waals surface area (Å²) in [5.74, 6) is -0.426. The summed E-state index contributed by atoms with van der Waals surface area (Å²) in [5, 5.41) is 3.01. The second kappa shape index (κ2) is 7.71. The average Bonchev–Trinajstić information content (AvgIpc) is 2.46. The van der Waals surface area contributed by atoms with E-state index in [0.29, 0.717) is 18.8 Å². The fourth-order valence-electron chi connectivity index (χ4n) is 1.80. The third kappa shape index (κ3) is 4.51. The number of anilines is 2. The fourth-order valence-corrected chi connectivity index (χ4v) is 1.80. The SMILES string of the molecule is CCCOc1cc(NC(C)C(=O)N(C)CC)c(N)cc1F. The molecule has 0 aliphatic rings. The van der Waals surface area contributed by atoms with E-state index < -0.39 is 11.9 Å². The Kier molecular flexibility index (Phi) is 6.27. The smallest absolute Gasteiger partial charge is 0.244 e. The monoisotopic (exact) mass is 297 g/mol. The Morgan fingerprint density at radius 2 is 2.14 bits per heavy atom. The van der Waals surface area contributed by atoms with Crippen LogP contribution in [0.1, 0.15) is 27.2 Å². The van der Waals surface area contributed by atoms with Gasteiger partial charge in [0.05, 0.1) is 18.0 Å². The lowest BCUT2D eigenvalue weighted by atomic mass is 10.2. The zero-order valence-corrected chi connectivity index (χ0v) is 13.1. The largest absolute Gasteiger partial charge is 0.490 e. The highest BCUT2D eigenvalue weighted by Crippen LogP contribution is 2.29. The first kappa shape index (κ1) is 17.1. The Balaban J connectivity index is 2.89. The van der Waals surface area contributed by atoms with Crippen LogP contribution in [0.5, 0.6) is 5.75 Å². The maximum atomic E-state index is 13.7. The first-order chi connectivity index (χ1) is 9.90. The molecule has 0 aromatic heterocycles. The molecule has 0 fully saturated rings. The molecule has 0 radical (unpaired) electrons. The number of hydrogen-bond acceptors (Lipinski definition) is 4. The molecular formula is C15H24FN3O2. The molecule has 1 atom stereocenters. The van der Waals surface area contributed by atoms with Gasteiger partial charge in [0.15, 0.2) is 11.6 Å². The quantitative estimate of drug-likeness (QED) is 0.759. The van der Waals surface area contributed by atoms with Crippen LogP contribution < -0.4 is 15.8 Å². The number of nitrogen functional groups attached to an aromatic ring is 1. The number of likely N-dealkylation sites (N-methyl/N-ethyl adjacent to an activating group) is 1. The van der Waals surface area contributed by atoms with Gasteiger partial charge >= 0.3 is 0 Å². The van der Waals surface area contributed by atoms with Crippen LogP contribution in [0.4, 0.5) is 15.8 Å². The minimum atomic E-state index is -0.504. The van der Waals surface area contributed by atoms with Gasteiger partial charge in [0.25, 0.3) is 0 Å². The van der Waals surface area contributed by atoms with E-state index in [9.17, 15) is 9.18 Å². The second-order valence-electron chi connectivity index (χ2n) is 4.94. The number of carbonyl (C=O) groups excluding carboxylic acids is 1. The molecule has 1 aromatic rings. The van der Waals surface area contributed by atoms with Crippen LogP contribution in [0, 0.1) is 5.82 Å². The van der Waals surface area contributed by atoms with Crippen LogP contribution >= 0.6 is 0 Å². The van der Waals surface area contributed by atoms with E-state index in [1.165, 1.54) is 12.1 Å². The zero-order chi connectivity index (χ0) is 16.0. The van der Waals surface area contributed by atoms with Gasteiger partial charge in [0, 0.05) is 25.7 Å². The molecule has 5 nitrogen and oxygen atoms in total. The lowest BCUT2D eigenvalue weighted by molar-refractivity contribution is -0.130. The third-order valence-corrected chi connectivity index (χ3v) is 3.16. The van der Waals surface area contributed by atoms with Gasteiger partial charge in [0.2, 0.25) is 5.91 Å². The number of benzene rings is 1. The van der Waals surface area contributed by atoms with Crippen molar-refractivity contribution in [1.29, 1.82) is 0 Å². The fraction of sp³-hybridized carbons (Fsp3) is 0.533. The lowest BCUT2D eigenvalue weighted by Crippen LogP contribution is -2.39. The molecule has 1 rings (SSSR count).